The highest BCUT2D eigenvalue weighted by Gasteiger charge is 2.24. The van der Waals surface area contributed by atoms with E-state index in [1.807, 2.05) is 11.9 Å². The quantitative estimate of drug-likeness (QED) is 0.792. The highest BCUT2D eigenvalue weighted by molar-refractivity contribution is 5.69. The van der Waals surface area contributed by atoms with Crippen LogP contribution in [0.2, 0.25) is 0 Å². The van der Waals surface area contributed by atoms with Gasteiger partial charge in [-0.3, -0.25) is 14.6 Å². The second-order valence-corrected chi connectivity index (χ2v) is 7.66. The molecule has 2 aromatic rings. The zero-order valence-corrected chi connectivity index (χ0v) is 17.0. The first-order valence-electron chi connectivity index (χ1n) is 9.85. The maximum Gasteiger partial charge on any atom is 0.317 e. The first-order chi connectivity index (χ1) is 13.5. The smallest absolute Gasteiger partial charge is 0.317 e. The van der Waals surface area contributed by atoms with Crippen LogP contribution < -0.4 is 4.74 Å². The Balaban J connectivity index is 1.70. The molecule has 5 nitrogen and oxygen atoms in total. The molecule has 28 heavy (non-hydrogen) atoms. The van der Waals surface area contributed by atoms with E-state index in [4.69, 9.17) is 9.84 Å². The molecule has 0 bridgehead atoms. The number of aliphatic carboxylic acids is 1. The summed E-state index contributed by atoms with van der Waals surface area (Å²) in [4.78, 5) is 15.3. The van der Waals surface area contributed by atoms with Gasteiger partial charge in [-0.1, -0.05) is 30.3 Å². The Morgan fingerprint density at radius 3 is 2.57 bits per heavy atom. The van der Waals surface area contributed by atoms with E-state index in [0.29, 0.717) is 6.04 Å². The van der Waals surface area contributed by atoms with Gasteiger partial charge < -0.3 is 9.84 Å². The Kier molecular flexibility index (Phi) is 6.70. The summed E-state index contributed by atoms with van der Waals surface area (Å²) in [5, 5.41) is 8.99. The van der Waals surface area contributed by atoms with Gasteiger partial charge in [-0.05, 0) is 68.7 Å². The predicted octanol–water partition coefficient (Wildman–Crippen LogP) is 3.65. The van der Waals surface area contributed by atoms with Crippen LogP contribution in [-0.2, 0) is 11.3 Å². The summed E-state index contributed by atoms with van der Waals surface area (Å²) in [6.07, 6.45) is 1.98. The van der Waals surface area contributed by atoms with Gasteiger partial charge >= 0.3 is 5.97 Å². The molecule has 5 heteroatoms. The van der Waals surface area contributed by atoms with Crippen LogP contribution in [0.1, 0.15) is 24.0 Å². The van der Waals surface area contributed by atoms with Crippen molar-refractivity contribution >= 4 is 5.97 Å². The number of rotatable bonds is 7. The van der Waals surface area contributed by atoms with Gasteiger partial charge in [-0.25, -0.2) is 0 Å². The Morgan fingerprint density at radius 2 is 1.93 bits per heavy atom. The number of methoxy groups -OCH3 is 1. The summed E-state index contributed by atoms with van der Waals surface area (Å²) < 4.78 is 5.61. The molecule has 1 aliphatic heterocycles. The van der Waals surface area contributed by atoms with Gasteiger partial charge in [0, 0.05) is 18.2 Å². The number of benzene rings is 2. The summed E-state index contributed by atoms with van der Waals surface area (Å²) in [5.41, 5.74) is 4.92. The molecule has 2 aromatic carbocycles. The van der Waals surface area contributed by atoms with E-state index in [-0.39, 0.29) is 6.54 Å². The van der Waals surface area contributed by atoms with Crippen molar-refractivity contribution in [3.8, 4) is 16.9 Å². The molecule has 1 fully saturated rings. The normalized spacial score (nSPS) is 15.7. The van der Waals surface area contributed by atoms with Gasteiger partial charge in [0.15, 0.2) is 0 Å². The number of piperidine rings is 1. The molecule has 0 aromatic heterocycles. The molecule has 0 radical (unpaired) electrons. The summed E-state index contributed by atoms with van der Waals surface area (Å²) >= 11 is 0. The second kappa shape index (κ2) is 9.22. The number of carboxylic acids is 1. The fourth-order valence-corrected chi connectivity index (χ4v) is 4.07. The van der Waals surface area contributed by atoms with Gasteiger partial charge in [-0.15, -0.1) is 0 Å². The van der Waals surface area contributed by atoms with E-state index in [2.05, 4.69) is 54.3 Å². The van der Waals surface area contributed by atoms with E-state index >= 15 is 0 Å². The second-order valence-electron chi connectivity index (χ2n) is 7.66. The summed E-state index contributed by atoms with van der Waals surface area (Å²) in [7, 11) is 3.63. The number of aryl methyl sites for hydroxylation is 1. The molecule has 3 rings (SSSR count). The molecule has 0 saturated carbocycles. The number of ether oxygens (including phenoxy) is 1. The number of likely N-dealkylation sites (tertiary alicyclic amines) is 1. The lowest BCUT2D eigenvalue weighted by Gasteiger charge is -2.36. The first kappa shape index (κ1) is 20.4. The van der Waals surface area contributed by atoms with Crippen LogP contribution in [0.5, 0.6) is 5.75 Å². The van der Waals surface area contributed by atoms with Crippen molar-refractivity contribution in [2.75, 3.05) is 33.8 Å². The third-order valence-corrected chi connectivity index (χ3v) is 5.70. The Labute approximate surface area is 167 Å². The number of carbonyl (C=O) groups is 1. The van der Waals surface area contributed by atoms with Gasteiger partial charge in [0.2, 0.25) is 0 Å². The molecule has 0 aliphatic carbocycles. The van der Waals surface area contributed by atoms with Crippen LogP contribution in [0.25, 0.3) is 11.1 Å². The standard InChI is InChI=1S/C23H30N2O3/c1-17-6-4-5-7-21(17)18-8-9-22(28-3)19(14-18)15-25-12-10-20(11-13-25)24(2)16-23(26)27/h4-9,14,20H,10-13,15-16H2,1-3H3,(H,26,27). The van der Waals surface area contributed by atoms with E-state index in [1.54, 1.807) is 7.11 Å². The summed E-state index contributed by atoms with van der Waals surface area (Å²) in [6.45, 7) is 5.02. The topological polar surface area (TPSA) is 53.0 Å². The molecule has 1 aliphatic rings. The summed E-state index contributed by atoms with van der Waals surface area (Å²) in [5.74, 6) is 0.158. The third kappa shape index (κ3) is 4.91. The highest BCUT2D eigenvalue weighted by Crippen LogP contribution is 2.30. The summed E-state index contributed by atoms with van der Waals surface area (Å²) in [6, 6.07) is 15.2. The zero-order chi connectivity index (χ0) is 20.1. The highest BCUT2D eigenvalue weighted by atomic mass is 16.5. The van der Waals surface area contributed by atoms with Gasteiger partial charge in [0.25, 0.3) is 0 Å². The zero-order valence-electron chi connectivity index (χ0n) is 17.0. The molecule has 0 atom stereocenters. The molecule has 0 amide bonds. The molecule has 0 spiro atoms. The Bertz CT molecular complexity index is 813. The van der Waals surface area contributed by atoms with E-state index in [9.17, 15) is 4.79 Å². The minimum Gasteiger partial charge on any atom is -0.496 e. The largest absolute Gasteiger partial charge is 0.496 e. The van der Waals surface area contributed by atoms with Crippen molar-refractivity contribution in [2.24, 2.45) is 0 Å². The molecule has 150 valence electrons. The van der Waals surface area contributed by atoms with Crippen molar-refractivity contribution in [1.82, 2.24) is 9.80 Å². The Morgan fingerprint density at radius 1 is 1.21 bits per heavy atom. The van der Waals surface area contributed by atoms with E-state index in [1.165, 1.54) is 22.3 Å². The van der Waals surface area contributed by atoms with Crippen LogP contribution in [0.3, 0.4) is 0 Å². The lowest BCUT2D eigenvalue weighted by atomic mass is 9.97. The minimum atomic E-state index is -0.761. The minimum absolute atomic E-state index is 0.108. The monoisotopic (exact) mass is 382 g/mol. The average molecular weight is 383 g/mol. The molecule has 1 saturated heterocycles. The maximum absolute atomic E-state index is 10.9. The van der Waals surface area contributed by atoms with Crippen molar-refractivity contribution in [1.29, 1.82) is 0 Å². The number of carboxylic acid groups (broad SMARTS) is 1. The average Bonchev–Trinajstić information content (AvgIpc) is 2.68. The van der Waals surface area contributed by atoms with Crippen LogP contribution in [0.4, 0.5) is 0 Å². The van der Waals surface area contributed by atoms with E-state index < -0.39 is 5.97 Å². The van der Waals surface area contributed by atoms with Crippen LogP contribution in [0, 0.1) is 6.92 Å². The lowest BCUT2D eigenvalue weighted by Crippen LogP contribution is -2.44. The first-order valence-corrected chi connectivity index (χ1v) is 9.85. The lowest BCUT2D eigenvalue weighted by molar-refractivity contribution is -0.138. The number of hydrogen-bond donors (Lipinski definition) is 1. The van der Waals surface area contributed by atoms with Gasteiger partial charge in [0.05, 0.1) is 13.7 Å². The fourth-order valence-electron chi connectivity index (χ4n) is 4.07. The van der Waals surface area contributed by atoms with E-state index in [0.717, 1.165) is 38.2 Å². The maximum atomic E-state index is 10.9. The van der Waals surface area contributed by atoms with Crippen molar-refractivity contribution < 1.29 is 14.6 Å². The Hall–Kier alpha value is -2.37. The van der Waals surface area contributed by atoms with Crippen LogP contribution >= 0.6 is 0 Å². The molecule has 1 N–H and O–H groups in total. The van der Waals surface area contributed by atoms with Gasteiger partial charge in [-0.2, -0.15) is 0 Å². The van der Waals surface area contributed by atoms with Crippen molar-refractivity contribution in [3.63, 3.8) is 0 Å². The van der Waals surface area contributed by atoms with Crippen LogP contribution in [0.15, 0.2) is 42.5 Å². The molecule has 0 unspecified atom stereocenters. The van der Waals surface area contributed by atoms with Crippen molar-refractivity contribution in [3.05, 3.63) is 53.6 Å². The molecular formula is C23H30N2O3. The van der Waals surface area contributed by atoms with Crippen molar-refractivity contribution in [2.45, 2.75) is 32.4 Å². The predicted molar refractivity (Wildman–Crippen MR) is 112 cm³/mol. The molecular weight excluding hydrogens is 352 g/mol. The number of hydrogen-bond acceptors (Lipinski definition) is 4. The third-order valence-electron chi connectivity index (χ3n) is 5.70. The fraction of sp³-hybridized carbons (Fsp3) is 0.435. The molecule has 1 heterocycles. The van der Waals surface area contributed by atoms with Crippen LogP contribution in [-0.4, -0.2) is 60.7 Å². The number of likely N-dealkylation sites (N-methyl/N-ethyl adjacent to an activating group) is 1. The number of nitrogens with zero attached hydrogens (tertiary/aromatic N) is 2. The SMILES string of the molecule is COc1ccc(-c2ccccc2C)cc1CN1CCC(N(C)CC(=O)O)CC1. The van der Waals surface area contributed by atoms with Gasteiger partial charge in [0.1, 0.15) is 5.75 Å².